The molecule has 22 heavy (non-hydrogen) atoms. The van der Waals surface area contributed by atoms with Crippen LogP contribution < -0.4 is 0 Å². The van der Waals surface area contributed by atoms with Crippen LogP contribution in [-0.2, 0) is 17.3 Å². The van der Waals surface area contributed by atoms with Crippen molar-refractivity contribution in [3.05, 3.63) is 34.9 Å². The molecule has 126 valence electrons. The third kappa shape index (κ3) is 6.82. The molecule has 4 heteroatoms. The van der Waals surface area contributed by atoms with E-state index in [9.17, 15) is 13.2 Å². The van der Waals surface area contributed by atoms with E-state index in [-0.39, 0.29) is 0 Å². The van der Waals surface area contributed by atoms with Crippen LogP contribution in [0.1, 0.15) is 56.2 Å². The van der Waals surface area contributed by atoms with Gasteiger partial charge in [-0.05, 0) is 56.2 Å². The normalized spacial score (nSPS) is 19.1. The lowest BCUT2D eigenvalue weighted by Gasteiger charge is -2.09. The Morgan fingerprint density at radius 3 is 2.41 bits per heavy atom. The molecule has 1 fully saturated rings. The highest BCUT2D eigenvalue weighted by Crippen LogP contribution is 2.30. The van der Waals surface area contributed by atoms with Gasteiger partial charge in [-0.2, -0.15) is 13.2 Å². The predicted octanol–water partition coefficient (Wildman–Crippen LogP) is 5.79. The molecule has 0 spiro atoms. The second-order valence-corrected chi connectivity index (χ2v) is 5.88. The molecule has 0 bridgehead atoms. The summed E-state index contributed by atoms with van der Waals surface area (Å²) in [5.41, 5.74) is 0.836. The van der Waals surface area contributed by atoms with Gasteiger partial charge in [0, 0.05) is 13.2 Å². The Balaban J connectivity index is 0.000000235. The van der Waals surface area contributed by atoms with Crippen LogP contribution in [0.3, 0.4) is 0 Å². The molecule has 1 unspecified atom stereocenters. The molecule has 1 nitrogen and oxygen atoms in total. The van der Waals surface area contributed by atoms with Gasteiger partial charge in [0.25, 0.3) is 0 Å². The van der Waals surface area contributed by atoms with Crippen molar-refractivity contribution >= 4 is 0 Å². The molecule has 1 atom stereocenters. The molecule has 2 rings (SSSR count). The minimum Gasteiger partial charge on any atom is -0.381 e. The highest BCUT2D eigenvalue weighted by Gasteiger charge is 2.30. The maximum absolute atomic E-state index is 12.3. The molecule has 1 saturated heterocycles. The first-order chi connectivity index (χ1) is 10.4. The first-order valence-electron chi connectivity index (χ1n) is 8.12. The Morgan fingerprint density at radius 2 is 1.82 bits per heavy atom. The van der Waals surface area contributed by atoms with Crippen LogP contribution in [0.2, 0.25) is 0 Å². The second-order valence-electron chi connectivity index (χ2n) is 5.88. The number of hydrogen-bond acceptors (Lipinski definition) is 1. The summed E-state index contributed by atoms with van der Waals surface area (Å²) in [5, 5.41) is 0. The number of alkyl halides is 3. The van der Waals surface area contributed by atoms with Gasteiger partial charge >= 0.3 is 6.18 Å². The lowest BCUT2D eigenvalue weighted by Crippen LogP contribution is -2.05. The maximum atomic E-state index is 12.3. The first kappa shape index (κ1) is 19.0. The fourth-order valence-corrected chi connectivity index (χ4v) is 2.61. The van der Waals surface area contributed by atoms with Crippen molar-refractivity contribution in [3.8, 4) is 0 Å². The standard InChI is InChI=1S/C10H11F3.C8H16O/c1-3-8-4-7(2)5-9(6-8)10(11,12)13;1-2-8-4-3-6-9-7-5-8/h4-6H,3H2,1-2H3;8H,2-7H2,1H3. The largest absolute Gasteiger partial charge is 0.416 e. The van der Waals surface area contributed by atoms with E-state index < -0.39 is 11.7 Å². The molecule has 0 N–H and O–H groups in total. The zero-order valence-electron chi connectivity index (χ0n) is 13.8. The fourth-order valence-electron chi connectivity index (χ4n) is 2.61. The molecular weight excluding hydrogens is 289 g/mol. The van der Waals surface area contributed by atoms with Gasteiger partial charge in [0.1, 0.15) is 0 Å². The van der Waals surface area contributed by atoms with E-state index in [1.165, 1.54) is 37.8 Å². The smallest absolute Gasteiger partial charge is 0.381 e. The van der Waals surface area contributed by atoms with E-state index in [0.29, 0.717) is 12.0 Å². The molecule has 0 radical (unpaired) electrons. The quantitative estimate of drug-likeness (QED) is 0.671. The molecule has 1 aromatic carbocycles. The van der Waals surface area contributed by atoms with Gasteiger partial charge in [-0.1, -0.05) is 31.9 Å². The van der Waals surface area contributed by atoms with Gasteiger partial charge in [-0.3, -0.25) is 0 Å². The summed E-state index contributed by atoms with van der Waals surface area (Å²) in [5.74, 6) is 0.951. The molecule has 1 aliphatic heterocycles. The Labute approximate surface area is 131 Å². The first-order valence-corrected chi connectivity index (χ1v) is 8.12. The van der Waals surface area contributed by atoms with Crippen molar-refractivity contribution in [2.45, 2.75) is 59.1 Å². The van der Waals surface area contributed by atoms with Gasteiger partial charge in [-0.15, -0.1) is 0 Å². The number of hydrogen-bond donors (Lipinski definition) is 0. The van der Waals surface area contributed by atoms with E-state index in [1.807, 2.05) is 6.92 Å². The van der Waals surface area contributed by atoms with Crippen LogP contribution in [0.25, 0.3) is 0 Å². The Kier molecular flexibility index (Phi) is 7.94. The van der Waals surface area contributed by atoms with E-state index in [4.69, 9.17) is 4.74 Å². The highest BCUT2D eigenvalue weighted by atomic mass is 19.4. The second kappa shape index (κ2) is 9.19. The van der Waals surface area contributed by atoms with Crippen LogP contribution >= 0.6 is 0 Å². The molecule has 1 aliphatic rings. The average molecular weight is 316 g/mol. The molecule has 1 heterocycles. The minimum absolute atomic E-state index is 0.552. The number of benzene rings is 1. The van der Waals surface area contributed by atoms with Gasteiger partial charge in [0.05, 0.1) is 5.56 Å². The van der Waals surface area contributed by atoms with Crippen molar-refractivity contribution < 1.29 is 17.9 Å². The van der Waals surface area contributed by atoms with Crippen LogP contribution in [0, 0.1) is 12.8 Å². The summed E-state index contributed by atoms with van der Waals surface area (Å²) in [6, 6.07) is 4.14. The third-order valence-electron chi connectivity index (χ3n) is 4.02. The van der Waals surface area contributed by atoms with Crippen LogP contribution in [0.4, 0.5) is 13.2 Å². The predicted molar refractivity (Wildman–Crippen MR) is 84.0 cm³/mol. The average Bonchev–Trinajstić information content (AvgIpc) is 2.75. The topological polar surface area (TPSA) is 9.23 Å². The van der Waals surface area contributed by atoms with Crippen molar-refractivity contribution in [2.24, 2.45) is 5.92 Å². The molecule has 0 aromatic heterocycles. The summed E-state index contributed by atoms with van der Waals surface area (Å²) in [6.45, 7) is 7.79. The van der Waals surface area contributed by atoms with Crippen molar-refractivity contribution in [2.75, 3.05) is 13.2 Å². The zero-order valence-corrected chi connectivity index (χ0v) is 13.8. The number of aryl methyl sites for hydroxylation is 2. The molecule has 0 aliphatic carbocycles. The van der Waals surface area contributed by atoms with E-state index in [1.54, 1.807) is 13.0 Å². The summed E-state index contributed by atoms with van der Waals surface area (Å²) in [6.07, 6.45) is 1.69. The van der Waals surface area contributed by atoms with Crippen LogP contribution in [-0.4, -0.2) is 13.2 Å². The van der Waals surface area contributed by atoms with Crippen LogP contribution in [0.15, 0.2) is 18.2 Å². The van der Waals surface area contributed by atoms with Gasteiger partial charge in [0.15, 0.2) is 0 Å². The summed E-state index contributed by atoms with van der Waals surface area (Å²) < 4.78 is 42.2. The maximum Gasteiger partial charge on any atom is 0.416 e. The van der Waals surface area contributed by atoms with Crippen LogP contribution in [0.5, 0.6) is 0 Å². The monoisotopic (exact) mass is 316 g/mol. The van der Waals surface area contributed by atoms with Gasteiger partial charge in [-0.25, -0.2) is 0 Å². The SMILES string of the molecule is CCC1CCCOCC1.CCc1cc(C)cc(C(F)(F)F)c1. The van der Waals surface area contributed by atoms with Crippen molar-refractivity contribution in [1.29, 1.82) is 0 Å². The molecule has 1 aromatic rings. The molecular formula is C18H27F3O. The minimum atomic E-state index is -4.23. The number of ether oxygens (including phenoxy) is 1. The number of halogens is 3. The van der Waals surface area contributed by atoms with Gasteiger partial charge < -0.3 is 4.74 Å². The highest BCUT2D eigenvalue weighted by molar-refractivity contribution is 5.31. The van der Waals surface area contributed by atoms with E-state index in [2.05, 4.69) is 6.92 Å². The Bertz CT molecular complexity index is 432. The van der Waals surface area contributed by atoms with E-state index >= 15 is 0 Å². The van der Waals surface area contributed by atoms with E-state index in [0.717, 1.165) is 24.7 Å². The molecule has 0 amide bonds. The third-order valence-corrected chi connectivity index (χ3v) is 4.02. The Morgan fingerprint density at radius 1 is 1.09 bits per heavy atom. The summed E-state index contributed by atoms with van der Waals surface area (Å²) >= 11 is 0. The number of rotatable bonds is 2. The van der Waals surface area contributed by atoms with Crippen molar-refractivity contribution in [3.63, 3.8) is 0 Å². The van der Waals surface area contributed by atoms with Crippen molar-refractivity contribution in [1.82, 2.24) is 0 Å². The summed E-state index contributed by atoms with van der Waals surface area (Å²) in [4.78, 5) is 0. The zero-order chi connectivity index (χ0) is 16.6. The summed E-state index contributed by atoms with van der Waals surface area (Å²) in [7, 11) is 0. The lowest BCUT2D eigenvalue weighted by molar-refractivity contribution is -0.137. The Hall–Kier alpha value is -1.03. The fraction of sp³-hybridized carbons (Fsp3) is 0.667. The van der Waals surface area contributed by atoms with Gasteiger partial charge in [0.2, 0.25) is 0 Å². The molecule has 0 saturated carbocycles. The lowest BCUT2D eigenvalue weighted by atomic mass is 9.98.